The summed E-state index contributed by atoms with van der Waals surface area (Å²) in [6.07, 6.45) is 0. The number of hydrogen-bond acceptors (Lipinski definition) is 5. The monoisotopic (exact) mass is 328 g/mol. The number of ether oxygens (including phenoxy) is 1. The molecular weight excluding hydrogens is 316 g/mol. The van der Waals surface area contributed by atoms with E-state index in [-0.39, 0.29) is 17.9 Å². The van der Waals surface area contributed by atoms with Crippen molar-refractivity contribution < 1.29 is 14.1 Å². The average Bonchev–Trinajstić information content (AvgIpc) is 3.02. The number of benzene rings is 2. The zero-order valence-electron chi connectivity index (χ0n) is 12.0. The molecule has 116 valence electrons. The highest BCUT2D eigenvalue weighted by atomic mass is 35.5. The number of anilines is 1. The van der Waals surface area contributed by atoms with Gasteiger partial charge in [-0.05, 0) is 18.2 Å². The largest absolute Gasteiger partial charge is 0.455 e. The highest BCUT2D eigenvalue weighted by molar-refractivity contribution is 6.31. The Kier molecular flexibility index (Phi) is 4.30. The molecule has 0 atom stereocenters. The van der Waals surface area contributed by atoms with Gasteiger partial charge in [0, 0.05) is 22.3 Å². The van der Waals surface area contributed by atoms with Crippen molar-refractivity contribution in [2.45, 2.75) is 6.61 Å². The van der Waals surface area contributed by atoms with Gasteiger partial charge in [0.2, 0.25) is 0 Å². The lowest BCUT2D eigenvalue weighted by Gasteiger charge is -2.05. The number of aromatic nitrogens is 1. The van der Waals surface area contributed by atoms with Crippen LogP contribution in [0.25, 0.3) is 11.3 Å². The minimum absolute atomic E-state index is 0.00274. The number of nitrogen functional groups attached to an aromatic ring is 1. The summed E-state index contributed by atoms with van der Waals surface area (Å²) in [5, 5.41) is 4.35. The summed E-state index contributed by atoms with van der Waals surface area (Å²) in [6.45, 7) is -0.00274. The highest BCUT2D eigenvalue weighted by Gasteiger charge is 2.13. The van der Waals surface area contributed by atoms with Gasteiger partial charge in [0.15, 0.2) is 5.76 Å². The summed E-state index contributed by atoms with van der Waals surface area (Å²) in [5.41, 5.74) is 7.71. The third kappa shape index (κ3) is 3.52. The summed E-state index contributed by atoms with van der Waals surface area (Å²) in [6, 6.07) is 15.9. The number of esters is 1. The van der Waals surface area contributed by atoms with Crippen molar-refractivity contribution in [1.29, 1.82) is 0 Å². The highest BCUT2D eigenvalue weighted by Crippen LogP contribution is 2.21. The molecule has 0 unspecified atom stereocenters. The molecule has 0 fully saturated rings. The molecule has 0 aliphatic carbocycles. The Hall–Kier alpha value is -2.79. The number of carbonyl (C=O) groups excluding carboxylic acids is 1. The lowest BCUT2D eigenvalue weighted by Crippen LogP contribution is -2.08. The Morgan fingerprint density at radius 1 is 1.17 bits per heavy atom. The van der Waals surface area contributed by atoms with Crippen LogP contribution in [0, 0.1) is 0 Å². The van der Waals surface area contributed by atoms with Gasteiger partial charge in [-0.3, -0.25) is 0 Å². The van der Waals surface area contributed by atoms with Crippen LogP contribution in [0.1, 0.15) is 16.1 Å². The number of hydrogen-bond donors (Lipinski definition) is 1. The van der Waals surface area contributed by atoms with Crippen LogP contribution >= 0.6 is 11.6 Å². The minimum atomic E-state index is -0.538. The maximum absolute atomic E-state index is 12.0. The molecule has 1 heterocycles. The zero-order chi connectivity index (χ0) is 16.2. The molecule has 0 radical (unpaired) electrons. The van der Waals surface area contributed by atoms with E-state index in [9.17, 15) is 4.79 Å². The molecule has 0 saturated heterocycles. The van der Waals surface area contributed by atoms with E-state index >= 15 is 0 Å². The van der Waals surface area contributed by atoms with E-state index in [1.807, 2.05) is 30.3 Å². The molecule has 0 amide bonds. The van der Waals surface area contributed by atoms with Gasteiger partial charge in [-0.25, -0.2) is 4.79 Å². The molecule has 3 aromatic rings. The summed E-state index contributed by atoms with van der Waals surface area (Å²) in [4.78, 5) is 12.0. The molecule has 0 aliphatic rings. The first-order valence-electron chi connectivity index (χ1n) is 6.86. The van der Waals surface area contributed by atoms with Crippen LogP contribution in [0.3, 0.4) is 0 Å². The van der Waals surface area contributed by atoms with Crippen molar-refractivity contribution in [1.82, 2.24) is 5.16 Å². The Labute approximate surface area is 137 Å². The fourth-order valence-electron chi connectivity index (χ4n) is 2.06. The molecule has 5 nitrogen and oxygen atoms in total. The van der Waals surface area contributed by atoms with E-state index in [1.165, 1.54) is 12.1 Å². The molecule has 0 saturated carbocycles. The number of rotatable bonds is 4. The second-order valence-electron chi connectivity index (χ2n) is 4.86. The first-order chi connectivity index (χ1) is 11.1. The van der Waals surface area contributed by atoms with Gasteiger partial charge >= 0.3 is 5.97 Å². The molecule has 23 heavy (non-hydrogen) atoms. The van der Waals surface area contributed by atoms with E-state index in [0.717, 1.165) is 5.56 Å². The van der Waals surface area contributed by atoms with Gasteiger partial charge in [0.05, 0.1) is 5.56 Å². The van der Waals surface area contributed by atoms with E-state index < -0.39 is 5.97 Å². The second-order valence-corrected chi connectivity index (χ2v) is 5.29. The fraction of sp³-hybridized carbons (Fsp3) is 0.0588. The van der Waals surface area contributed by atoms with Gasteiger partial charge in [-0.2, -0.15) is 0 Å². The second kappa shape index (κ2) is 6.54. The number of halogens is 1. The standard InChI is InChI=1S/C17H13ClN2O3/c18-12-6-7-14(15(19)8-12)17(21)22-10-13-9-16(23-20-13)11-4-2-1-3-5-11/h1-9H,10,19H2. The Balaban J connectivity index is 1.67. The van der Waals surface area contributed by atoms with Gasteiger partial charge in [0.1, 0.15) is 12.3 Å². The molecule has 0 bridgehead atoms. The maximum Gasteiger partial charge on any atom is 0.340 e. The van der Waals surface area contributed by atoms with Crippen LogP contribution in [-0.4, -0.2) is 11.1 Å². The molecule has 3 rings (SSSR count). The quantitative estimate of drug-likeness (QED) is 0.580. The van der Waals surface area contributed by atoms with E-state index in [0.29, 0.717) is 16.5 Å². The normalized spacial score (nSPS) is 10.5. The Morgan fingerprint density at radius 3 is 2.70 bits per heavy atom. The van der Waals surface area contributed by atoms with Crippen molar-refractivity contribution in [3.05, 3.63) is 70.9 Å². The summed E-state index contributed by atoms with van der Waals surface area (Å²) in [7, 11) is 0. The smallest absolute Gasteiger partial charge is 0.340 e. The SMILES string of the molecule is Nc1cc(Cl)ccc1C(=O)OCc1cc(-c2ccccc2)on1. The molecule has 1 aromatic heterocycles. The van der Waals surface area contributed by atoms with Crippen LogP contribution < -0.4 is 5.73 Å². The third-order valence-electron chi connectivity index (χ3n) is 3.20. The van der Waals surface area contributed by atoms with Gasteiger partial charge in [-0.15, -0.1) is 0 Å². The molecule has 2 aromatic carbocycles. The van der Waals surface area contributed by atoms with Crippen LogP contribution in [0.5, 0.6) is 0 Å². The lowest BCUT2D eigenvalue weighted by molar-refractivity contribution is 0.0465. The van der Waals surface area contributed by atoms with Crippen molar-refractivity contribution in [3.63, 3.8) is 0 Å². The predicted molar refractivity (Wildman–Crippen MR) is 86.9 cm³/mol. The van der Waals surface area contributed by atoms with E-state index in [4.69, 9.17) is 26.6 Å². The average molecular weight is 329 g/mol. The number of carbonyl (C=O) groups is 1. The van der Waals surface area contributed by atoms with E-state index in [2.05, 4.69) is 5.16 Å². The first kappa shape index (κ1) is 15.1. The van der Waals surface area contributed by atoms with Gasteiger partial charge in [-0.1, -0.05) is 47.1 Å². The van der Waals surface area contributed by atoms with Crippen molar-refractivity contribution in [2.75, 3.05) is 5.73 Å². The predicted octanol–water partition coefficient (Wildman–Crippen LogP) is 3.93. The van der Waals surface area contributed by atoms with Crippen molar-refractivity contribution >= 4 is 23.3 Å². The fourth-order valence-corrected chi connectivity index (χ4v) is 2.24. The molecule has 0 spiro atoms. The lowest BCUT2D eigenvalue weighted by atomic mass is 10.1. The zero-order valence-corrected chi connectivity index (χ0v) is 12.8. The van der Waals surface area contributed by atoms with Crippen LogP contribution in [-0.2, 0) is 11.3 Å². The van der Waals surface area contributed by atoms with Crippen molar-refractivity contribution in [3.8, 4) is 11.3 Å². The van der Waals surface area contributed by atoms with Crippen LogP contribution in [0.2, 0.25) is 5.02 Å². The van der Waals surface area contributed by atoms with Gasteiger partial charge < -0.3 is 15.0 Å². The van der Waals surface area contributed by atoms with Gasteiger partial charge in [0.25, 0.3) is 0 Å². The Bertz CT molecular complexity index is 831. The summed E-state index contributed by atoms with van der Waals surface area (Å²) < 4.78 is 10.4. The summed E-state index contributed by atoms with van der Waals surface area (Å²) >= 11 is 5.80. The minimum Gasteiger partial charge on any atom is -0.455 e. The molecule has 2 N–H and O–H groups in total. The molecule has 6 heteroatoms. The topological polar surface area (TPSA) is 78.4 Å². The third-order valence-corrected chi connectivity index (χ3v) is 3.44. The molecular formula is C17H13ClN2O3. The Morgan fingerprint density at radius 2 is 1.96 bits per heavy atom. The molecule has 0 aliphatic heterocycles. The van der Waals surface area contributed by atoms with Crippen molar-refractivity contribution in [2.24, 2.45) is 0 Å². The summed E-state index contributed by atoms with van der Waals surface area (Å²) in [5.74, 6) is 0.0751. The van der Waals surface area contributed by atoms with Crippen LogP contribution in [0.4, 0.5) is 5.69 Å². The van der Waals surface area contributed by atoms with Crippen LogP contribution in [0.15, 0.2) is 59.1 Å². The number of nitrogens with zero attached hydrogens (tertiary/aromatic N) is 1. The van der Waals surface area contributed by atoms with E-state index in [1.54, 1.807) is 12.1 Å². The number of nitrogens with two attached hydrogens (primary N) is 1. The first-order valence-corrected chi connectivity index (χ1v) is 7.24. The maximum atomic E-state index is 12.0.